The third kappa shape index (κ3) is 4.23. The molecule has 0 aromatic heterocycles. The second kappa shape index (κ2) is 6.75. The molecule has 4 nitrogen and oxygen atoms in total. The lowest BCUT2D eigenvalue weighted by molar-refractivity contribution is 0.0686. The molecule has 0 unspecified atom stereocenters. The van der Waals surface area contributed by atoms with Gasteiger partial charge in [-0.25, -0.2) is 0 Å². The molecular weight excluding hydrogens is 252 g/mol. The quantitative estimate of drug-likeness (QED) is 0.840. The monoisotopic (exact) mass is 278 g/mol. The lowest BCUT2D eigenvalue weighted by Gasteiger charge is -2.32. The van der Waals surface area contributed by atoms with E-state index in [1.807, 2.05) is 27.7 Å². The molecular formula is C16H26N2O2. The van der Waals surface area contributed by atoms with Crippen molar-refractivity contribution in [2.24, 2.45) is 11.1 Å². The second-order valence-corrected chi connectivity index (χ2v) is 6.12. The Labute approximate surface area is 121 Å². The molecule has 0 aliphatic carbocycles. The first-order valence-electron chi connectivity index (χ1n) is 7.09. The number of hydrogen-bond donors (Lipinski definition) is 2. The fourth-order valence-electron chi connectivity index (χ4n) is 2.10. The van der Waals surface area contributed by atoms with Gasteiger partial charge in [-0.05, 0) is 37.4 Å². The zero-order valence-electron chi connectivity index (χ0n) is 12.9. The topological polar surface area (TPSA) is 66.6 Å². The van der Waals surface area contributed by atoms with Gasteiger partial charge < -0.3 is 15.7 Å². The zero-order chi connectivity index (χ0) is 15.3. The van der Waals surface area contributed by atoms with Crippen LogP contribution in [0.5, 0.6) is 5.75 Å². The van der Waals surface area contributed by atoms with Crippen LogP contribution in [0.4, 0.5) is 0 Å². The Morgan fingerprint density at radius 3 is 2.60 bits per heavy atom. The summed E-state index contributed by atoms with van der Waals surface area (Å²) in [5.74, 6) is -0.0955. The molecule has 0 aliphatic rings. The molecule has 112 valence electrons. The summed E-state index contributed by atoms with van der Waals surface area (Å²) < 4.78 is 0. The van der Waals surface area contributed by atoms with Crippen molar-refractivity contribution in [1.29, 1.82) is 0 Å². The highest BCUT2D eigenvalue weighted by molar-refractivity contribution is 5.97. The molecule has 0 saturated heterocycles. The van der Waals surface area contributed by atoms with Gasteiger partial charge in [0.1, 0.15) is 5.75 Å². The van der Waals surface area contributed by atoms with Gasteiger partial charge in [0.15, 0.2) is 0 Å². The van der Waals surface area contributed by atoms with E-state index in [-0.39, 0.29) is 17.1 Å². The van der Waals surface area contributed by atoms with Gasteiger partial charge >= 0.3 is 0 Å². The lowest BCUT2D eigenvalue weighted by Crippen LogP contribution is -2.42. The van der Waals surface area contributed by atoms with Crippen LogP contribution in [0, 0.1) is 12.3 Å². The molecule has 3 N–H and O–H groups in total. The first-order valence-corrected chi connectivity index (χ1v) is 7.09. The summed E-state index contributed by atoms with van der Waals surface area (Å²) in [6.45, 7) is 9.79. The summed E-state index contributed by atoms with van der Waals surface area (Å²) in [4.78, 5) is 14.4. The number of rotatable bonds is 6. The number of nitrogens with two attached hydrogens (primary N) is 1. The Morgan fingerprint density at radius 1 is 1.40 bits per heavy atom. The zero-order valence-corrected chi connectivity index (χ0v) is 12.9. The third-order valence-corrected chi connectivity index (χ3v) is 3.33. The number of phenols is 1. The highest BCUT2D eigenvalue weighted by Crippen LogP contribution is 2.23. The maximum absolute atomic E-state index is 12.6. The van der Waals surface area contributed by atoms with Gasteiger partial charge in [0.2, 0.25) is 0 Å². The molecule has 0 heterocycles. The number of benzene rings is 1. The first kappa shape index (κ1) is 16.5. The molecule has 0 aliphatic heterocycles. The van der Waals surface area contributed by atoms with E-state index in [1.54, 1.807) is 23.1 Å². The van der Waals surface area contributed by atoms with Crippen molar-refractivity contribution in [1.82, 2.24) is 4.90 Å². The summed E-state index contributed by atoms with van der Waals surface area (Å²) in [7, 11) is 0. The van der Waals surface area contributed by atoms with E-state index in [9.17, 15) is 9.90 Å². The first-order chi connectivity index (χ1) is 9.30. The molecule has 0 bridgehead atoms. The Kier molecular flexibility index (Phi) is 5.57. The summed E-state index contributed by atoms with van der Waals surface area (Å²) >= 11 is 0. The van der Waals surface area contributed by atoms with Crippen LogP contribution < -0.4 is 5.73 Å². The predicted octanol–water partition coefficient (Wildman–Crippen LogP) is 2.54. The van der Waals surface area contributed by atoms with Crippen LogP contribution in [0.2, 0.25) is 0 Å². The fraction of sp³-hybridized carbons (Fsp3) is 0.562. The molecule has 1 amide bonds. The normalized spacial score (nSPS) is 11.4. The van der Waals surface area contributed by atoms with Crippen LogP contribution in [-0.2, 0) is 0 Å². The van der Waals surface area contributed by atoms with Crippen molar-refractivity contribution in [3.8, 4) is 5.75 Å². The van der Waals surface area contributed by atoms with E-state index in [2.05, 4.69) is 0 Å². The van der Waals surface area contributed by atoms with Gasteiger partial charge in [0, 0.05) is 13.1 Å². The Bertz CT molecular complexity index is 470. The van der Waals surface area contributed by atoms with Gasteiger partial charge in [-0.15, -0.1) is 0 Å². The van der Waals surface area contributed by atoms with Crippen LogP contribution in [0.25, 0.3) is 0 Å². The highest BCUT2D eigenvalue weighted by atomic mass is 16.3. The standard InChI is InChI=1S/C16H26N2O2/c1-5-8-18(11-16(3,4)10-17)15(20)13-9-12(2)6-7-14(13)19/h6-7,9,19H,5,8,10-11,17H2,1-4H3. The molecule has 1 aromatic carbocycles. The number of aryl methyl sites for hydroxylation is 1. The maximum Gasteiger partial charge on any atom is 0.257 e. The molecule has 20 heavy (non-hydrogen) atoms. The molecule has 0 fully saturated rings. The second-order valence-electron chi connectivity index (χ2n) is 6.12. The number of amides is 1. The van der Waals surface area contributed by atoms with Crippen molar-refractivity contribution in [3.63, 3.8) is 0 Å². The molecule has 0 saturated carbocycles. The van der Waals surface area contributed by atoms with Gasteiger partial charge in [0.25, 0.3) is 5.91 Å². The number of phenolic OH excluding ortho intramolecular Hbond substituents is 1. The predicted molar refractivity (Wildman–Crippen MR) is 81.9 cm³/mol. The smallest absolute Gasteiger partial charge is 0.257 e. The number of nitrogens with zero attached hydrogens (tertiary/aromatic N) is 1. The number of carbonyl (C=O) groups is 1. The van der Waals surface area contributed by atoms with E-state index in [0.29, 0.717) is 25.2 Å². The molecule has 1 rings (SSSR count). The third-order valence-electron chi connectivity index (χ3n) is 3.33. The minimum Gasteiger partial charge on any atom is -0.507 e. The number of aromatic hydroxyl groups is 1. The largest absolute Gasteiger partial charge is 0.507 e. The Hall–Kier alpha value is -1.55. The summed E-state index contributed by atoms with van der Waals surface area (Å²) in [5.41, 5.74) is 6.95. The van der Waals surface area contributed by atoms with Gasteiger partial charge in [0.05, 0.1) is 5.56 Å². The van der Waals surface area contributed by atoms with Crippen LogP contribution in [0.1, 0.15) is 43.1 Å². The molecule has 1 aromatic rings. The van der Waals surface area contributed by atoms with Gasteiger partial charge in [-0.2, -0.15) is 0 Å². The van der Waals surface area contributed by atoms with Crippen LogP contribution in [0.15, 0.2) is 18.2 Å². The van der Waals surface area contributed by atoms with Crippen molar-refractivity contribution in [2.45, 2.75) is 34.1 Å². The number of carbonyl (C=O) groups excluding carboxylic acids is 1. The molecule has 0 radical (unpaired) electrons. The summed E-state index contributed by atoms with van der Waals surface area (Å²) in [6, 6.07) is 5.09. The molecule has 4 heteroatoms. The minimum atomic E-state index is -0.135. The lowest BCUT2D eigenvalue weighted by atomic mass is 9.92. The van der Waals surface area contributed by atoms with E-state index in [4.69, 9.17) is 5.73 Å². The highest BCUT2D eigenvalue weighted by Gasteiger charge is 2.25. The average molecular weight is 278 g/mol. The Morgan fingerprint density at radius 2 is 2.05 bits per heavy atom. The minimum absolute atomic E-state index is 0.0345. The van der Waals surface area contributed by atoms with Gasteiger partial charge in [-0.3, -0.25) is 4.79 Å². The summed E-state index contributed by atoms with van der Waals surface area (Å²) in [5, 5.41) is 9.91. The fourth-order valence-corrected chi connectivity index (χ4v) is 2.10. The SMILES string of the molecule is CCCN(CC(C)(C)CN)C(=O)c1cc(C)ccc1O. The molecule has 0 spiro atoms. The van der Waals surface area contributed by atoms with E-state index in [0.717, 1.165) is 12.0 Å². The van der Waals surface area contributed by atoms with Crippen molar-refractivity contribution >= 4 is 5.91 Å². The van der Waals surface area contributed by atoms with Crippen molar-refractivity contribution in [3.05, 3.63) is 29.3 Å². The van der Waals surface area contributed by atoms with Gasteiger partial charge in [-0.1, -0.05) is 32.4 Å². The number of hydrogen-bond acceptors (Lipinski definition) is 3. The van der Waals surface area contributed by atoms with Crippen LogP contribution >= 0.6 is 0 Å². The average Bonchev–Trinajstić information content (AvgIpc) is 2.40. The Balaban J connectivity index is 3.02. The van der Waals surface area contributed by atoms with Crippen LogP contribution in [-0.4, -0.2) is 35.5 Å². The van der Waals surface area contributed by atoms with E-state index < -0.39 is 0 Å². The summed E-state index contributed by atoms with van der Waals surface area (Å²) in [6.07, 6.45) is 0.874. The van der Waals surface area contributed by atoms with E-state index >= 15 is 0 Å². The molecule has 0 atom stereocenters. The van der Waals surface area contributed by atoms with E-state index in [1.165, 1.54) is 0 Å². The van der Waals surface area contributed by atoms with Crippen molar-refractivity contribution < 1.29 is 9.90 Å². The van der Waals surface area contributed by atoms with Crippen LogP contribution in [0.3, 0.4) is 0 Å². The van der Waals surface area contributed by atoms with Crippen molar-refractivity contribution in [2.75, 3.05) is 19.6 Å². The maximum atomic E-state index is 12.6.